The van der Waals surface area contributed by atoms with Crippen LogP contribution in [0.3, 0.4) is 0 Å². The fraction of sp³-hybridized carbons (Fsp3) is 0.150. The van der Waals surface area contributed by atoms with Crippen molar-refractivity contribution in [1.82, 2.24) is 20.3 Å². The third-order valence-electron chi connectivity index (χ3n) is 4.60. The second-order valence-electron chi connectivity index (χ2n) is 6.34. The van der Waals surface area contributed by atoms with Crippen LogP contribution in [-0.4, -0.2) is 20.3 Å². The van der Waals surface area contributed by atoms with E-state index in [4.69, 9.17) is 4.52 Å². The van der Waals surface area contributed by atoms with Gasteiger partial charge in [-0.1, -0.05) is 29.4 Å². The molecule has 122 valence electrons. The highest BCUT2D eigenvalue weighted by molar-refractivity contribution is 5.78. The van der Waals surface area contributed by atoms with Crippen LogP contribution < -0.4 is 0 Å². The predicted octanol–water partition coefficient (Wildman–Crippen LogP) is 4.16. The number of allylic oxidation sites excluding steroid dienone is 1. The third-order valence-corrected chi connectivity index (χ3v) is 4.60. The molecular formula is C20H16N4O. The summed E-state index contributed by atoms with van der Waals surface area (Å²) in [6.45, 7) is 0. The highest BCUT2D eigenvalue weighted by Crippen LogP contribution is 2.26. The summed E-state index contributed by atoms with van der Waals surface area (Å²) < 4.78 is 5.49. The topological polar surface area (TPSA) is 67.6 Å². The summed E-state index contributed by atoms with van der Waals surface area (Å²) in [5, 5.41) is 12.2. The average Bonchev–Trinajstić information content (AvgIpc) is 3.30. The van der Waals surface area contributed by atoms with Crippen LogP contribution in [0.15, 0.2) is 53.2 Å². The van der Waals surface area contributed by atoms with Gasteiger partial charge in [-0.15, -0.1) is 0 Å². The molecule has 5 nitrogen and oxygen atoms in total. The summed E-state index contributed by atoms with van der Waals surface area (Å²) >= 11 is 0. The van der Waals surface area contributed by atoms with Crippen LogP contribution in [-0.2, 0) is 12.8 Å². The van der Waals surface area contributed by atoms with Crippen molar-refractivity contribution in [3.8, 4) is 11.5 Å². The van der Waals surface area contributed by atoms with Gasteiger partial charge in [0.05, 0.1) is 11.7 Å². The first kappa shape index (κ1) is 14.2. The molecule has 0 unspecified atom stereocenters. The van der Waals surface area contributed by atoms with Gasteiger partial charge < -0.3 is 4.52 Å². The van der Waals surface area contributed by atoms with Gasteiger partial charge in [0.1, 0.15) is 0 Å². The van der Waals surface area contributed by atoms with Gasteiger partial charge in [-0.05, 0) is 53.8 Å². The number of aromatic amines is 1. The Morgan fingerprint density at radius 3 is 3.12 bits per heavy atom. The van der Waals surface area contributed by atoms with Gasteiger partial charge in [-0.25, -0.2) is 0 Å². The molecule has 2 aromatic carbocycles. The predicted molar refractivity (Wildman–Crippen MR) is 96.0 cm³/mol. The van der Waals surface area contributed by atoms with Crippen LogP contribution >= 0.6 is 0 Å². The molecule has 0 amide bonds. The number of fused-ring (bicyclic) bond motifs is 2. The number of hydrogen-bond acceptors (Lipinski definition) is 4. The lowest BCUT2D eigenvalue weighted by Crippen LogP contribution is -1.94. The zero-order chi connectivity index (χ0) is 16.6. The van der Waals surface area contributed by atoms with Crippen molar-refractivity contribution >= 4 is 17.0 Å². The molecule has 25 heavy (non-hydrogen) atoms. The van der Waals surface area contributed by atoms with Crippen molar-refractivity contribution in [3.05, 3.63) is 71.2 Å². The van der Waals surface area contributed by atoms with E-state index in [1.165, 1.54) is 11.1 Å². The Morgan fingerprint density at radius 1 is 1.12 bits per heavy atom. The molecule has 1 N–H and O–H groups in total. The van der Waals surface area contributed by atoms with Crippen LogP contribution in [0, 0.1) is 0 Å². The third kappa shape index (κ3) is 2.63. The molecular weight excluding hydrogens is 312 g/mol. The zero-order valence-electron chi connectivity index (χ0n) is 13.6. The van der Waals surface area contributed by atoms with Crippen LogP contribution in [0.4, 0.5) is 0 Å². The molecule has 0 fully saturated rings. The Balaban J connectivity index is 1.42. The van der Waals surface area contributed by atoms with Crippen LogP contribution in [0.5, 0.6) is 0 Å². The van der Waals surface area contributed by atoms with Crippen molar-refractivity contribution in [1.29, 1.82) is 0 Å². The Labute approximate surface area is 144 Å². The summed E-state index contributed by atoms with van der Waals surface area (Å²) in [5.74, 6) is 1.27. The Bertz CT molecular complexity index is 1090. The lowest BCUT2D eigenvalue weighted by molar-refractivity contribution is 0.424. The second-order valence-corrected chi connectivity index (χ2v) is 6.34. The van der Waals surface area contributed by atoms with E-state index < -0.39 is 0 Å². The van der Waals surface area contributed by atoms with E-state index in [-0.39, 0.29) is 0 Å². The van der Waals surface area contributed by atoms with Crippen molar-refractivity contribution in [2.75, 3.05) is 0 Å². The Hall–Kier alpha value is -3.21. The molecule has 2 aromatic heterocycles. The first-order valence-electron chi connectivity index (χ1n) is 8.39. The van der Waals surface area contributed by atoms with E-state index >= 15 is 0 Å². The molecule has 1 aliphatic rings. The lowest BCUT2D eigenvalue weighted by atomic mass is 9.95. The molecule has 0 radical (unpaired) electrons. The first-order chi connectivity index (χ1) is 12.3. The van der Waals surface area contributed by atoms with Crippen LogP contribution in [0.1, 0.15) is 28.9 Å². The number of nitrogens with one attached hydrogen (secondary N) is 1. The van der Waals surface area contributed by atoms with E-state index in [0.29, 0.717) is 18.1 Å². The number of nitrogens with zero attached hydrogens (tertiary/aromatic N) is 3. The SMILES string of the molecule is C1=Cc2ccc(-c3nc(Cc4ccc5[nH]ncc5c4)no3)cc2CC1. The minimum absolute atomic E-state index is 0.580. The molecule has 0 saturated carbocycles. The summed E-state index contributed by atoms with van der Waals surface area (Å²) in [5.41, 5.74) is 5.77. The van der Waals surface area contributed by atoms with Gasteiger partial charge in [0.2, 0.25) is 0 Å². The Morgan fingerprint density at radius 2 is 2.12 bits per heavy atom. The number of aromatic nitrogens is 4. The number of hydrogen-bond donors (Lipinski definition) is 1. The summed E-state index contributed by atoms with van der Waals surface area (Å²) in [7, 11) is 0. The summed E-state index contributed by atoms with van der Waals surface area (Å²) in [6, 6.07) is 12.5. The minimum atomic E-state index is 0.580. The number of rotatable bonds is 3. The van der Waals surface area contributed by atoms with Gasteiger partial charge in [0, 0.05) is 17.4 Å². The molecule has 4 aromatic rings. The van der Waals surface area contributed by atoms with Crippen molar-refractivity contribution in [3.63, 3.8) is 0 Å². The smallest absolute Gasteiger partial charge is 0.257 e. The van der Waals surface area contributed by atoms with Gasteiger partial charge in [-0.3, -0.25) is 5.10 Å². The molecule has 5 rings (SSSR count). The maximum atomic E-state index is 5.49. The quantitative estimate of drug-likeness (QED) is 0.613. The summed E-state index contributed by atoms with van der Waals surface area (Å²) in [6.07, 6.45) is 8.99. The lowest BCUT2D eigenvalue weighted by Gasteiger charge is -2.10. The molecule has 0 saturated heterocycles. The normalized spacial score (nSPS) is 13.3. The van der Waals surface area contributed by atoms with Crippen LogP contribution in [0.25, 0.3) is 28.4 Å². The minimum Gasteiger partial charge on any atom is -0.334 e. The molecule has 0 atom stereocenters. The van der Waals surface area contributed by atoms with E-state index in [1.54, 1.807) is 0 Å². The summed E-state index contributed by atoms with van der Waals surface area (Å²) in [4.78, 5) is 4.57. The maximum Gasteiger partial charge on any atom is 0.257 e. The largest absolute Gasteiger partial charge is 0.334 e. The highest BCUT2D eigenvalue weighted by atomic mass is 16.5. The molecule has 1 aliphatic carbocycles. The second kappa shape index (κ2) is 5.70. The Kier molecular flexibility index (Phi) is 3.23. The fourth-order valence-electron chi connectivity index (χ4n) is 3.29. The average molecular weight is 328 g/mol. The fourth-order valence-corrected chi connectivity index (χ4v) is 3.29. The molecule has 2 heterocycles. The van der Waals surface area contributed by atoms with Crippen molar-refractivity contribution in [2.45, 2.75) is 19.3 Å². The molecule has 5 heteroatoms. The van der Waals surface area contributed by atoms with Crippen LogP contribution in [0.2, 0.25) is 0 Å². The monoisotopic (exact) mass is 328 g/mol. The van der Waals surface area contributed by atoms with Gasteiger partial charge in [0.25, 0.3) is 5.89 Å². The number of H-pyrrole nitrogens is 1. The molecule has 0 bridgehead atoms. The van der Waals surface area contributed by atoms with E-state index in [2.05, 4.69) is 56.8 Å². The zero-order valence-corrected chi connectivity index (χ0v) is 13.6. The van der Waals surface area contributed by atoms with Gasteiger partial charge >= 0.3 is 0 Å². The molecule has 0 aliphatic heterocycles. The van der Waals surface area contributed by atoms with E-state index in [9.17, 15) is 0 Å². The van der Waals surface area contributed by atoms with Crippen molar-refractivity contribution < 1.29 is 4.52 Å². The molecule has 0 spiro atoms. The van der Waals surface area contributed by atoms with Crippen molar-refractivity contribution in [2.24, 2.45) is 0 Å². The van der Waals surface area contributed by atoms with Gasteiger partial charge in [-0.2, -0.15) is 10.1 Å². The highest BCUT2D eigenvalue weighted by Gasteiger charge is 2.12. The number of benzene rings is 2. The number of aryl methyl sites for hydroxylation is 1. The maximum absolute atomic E-state index is 5.49. The van der Waals surface area contributed by atoms with E-state index in [1.807, 2.05) is 18.3 Å². The van der Waals surface area contributed by atoms with E-state index in [0.717, 1.165) is 34.9 Å². The first-order valence-corrected chi connectivity index (χ1v) is 8.39. The standard InChI is InChI=1S/C20H16N4O/c1-2-4-15-11-16(7-6-14(15)3-1)20-22-19(24-25-20)10-13-5-8-18-17(9-13)12-21-23-18/h1,3,5-9,11-12H,2,4,10H2,(H,21,23). The van der Waals surface area contributed by atoms with Gasteiger partial charge in [0.15, 0.2) is 5.82 Å².